The lowest BCUT2D eigenvalue weighted by Crippen LogP contribution is -2.46. The molecule has 5 N–H and O–H groups in total. The van der Waals surface area contributed by atoms with E-state index in [1.165, 1.54) is 30.5 Å². The summed E-state index contributed by atoms with van der Waals surface area (Å²) in [5.41, 5.74) is 5.72. The first-order valence-corrected chi connectivity index (χ1v) is 10.5. The van der Waals surface area contributed by atoms with E-state index in [1.54, 1.807) is 4.68 Å². The van der Waals surface area contributed by atoms with Gasteiger partial charge in [0.2, 0.25) is 6.41 Å². The van der Waals surface area contributed by atoms with Crippen LogP contribution in [0.5, 0.6) is 0 Å². The minimum atomic E-state index is -1.14. The normalized spacial score (nSPS) is 22.2. The minimum absolute atomic E-state index is 0.114. The van der Waals surface area contributed by atoms with Crippen LogP contribution in [0, 0.1) is 23.1 Å². The maximum absolute atomic E-state index is 13.2. The van der Waals surface area contributed by atoms with E-state index < -0.39 is 17.9 Å². The minimum Gasteiger partial charge on any atom is -0.365 e. The van der Waals surface area contributed by atoms with Gasteiger partial charge in [0.1, 0.15) is 11.4 Å². The van der Waals surface area contributed by atoms with Crippen molar-refractivity contribution in [3.8, 4) is 6.07 Å². The van der Waals surface area contributed by atoms with Gasteiger partial charge >= 0.3 is 0 Å². The van der Waals surface area contributed by atoms with E-state index in [4.69, 9.17) is 10.5 Å². The van der Waals surface area contributed by atoms with Gasteiger partial charge < -0.3 is 20.9 Å². The van der Waals surface area contributed by atoms with Gasteiger partial charge in [-0.15, -0.1) is 0 Å². The fourth-order valence-electron chi connectivity index (χ4n) is 3.82. The number of nitrogens with two attached hydrogens (primary N) is 1. The Labute approximate surface area is 186 Å². The third-order valence-electron chi connectivity index (χ3n) is 5.27. The average Bonchev–Trinajstić information content (AvgIpc) is 3.12. The Bertz CT molecular complexity index is 979. The molecular weight excluding hydrogens is 415 g/mol. The van der Waals surface area contributed by atoms with Gasteiger partial charge in [0, 0.05) is 17.9 Å². The first-order chi connectivity index (χ1) is 15.1. The molecule has 1 saturated carbocycles. The third kappa shape index (κ3) is 6.03. The summed E-state index contributed by atoms with van der Waals surface area (Å²) in [6, 6.07) is 7.49. The second-order valence-electron chi connectivity index (χ2n) is 8.93. The van der Waals surface area contributed by atoms with Crippen LogP contribution >= 0.6 is 0 Å². The number of nitrogens with one attached hydrogen (secondary N) is 2. The summed E-state index contributed by atoms with van der Waals surface area (Å²) in [7, 11) is 0. The second kappa shape index (κ2) is 9.65. The zero-order valence-electron chi connectivity index (χ0n) is 18.4. The Hall–Kier alpha value is -3.00. The van der Waals surface area contributed by atoms with Gasteiger partial charge in [0.15, 0.2) is 5.82 Å². The number of aliphatic hydroxyl groups excluding tert-OH is 1. The molecule has 1 aliphatic carbocycles. The maximum Gasteiger partial charge on any atom is 0.254 e. The van der Waals surface area contributed by atoms with E-state index >= 15 is 0 Å². The number of rotatable bonds is 7. The highest BCUT2D eigenvalue weighted by molar-refractivity contribution is 5.98. The number of nitriles is 1. The molecule has 1 amide bonds. The highest BCUT2D eigenvalue weighted by atomic mass is 19.1. The van der Waals surface area contributed by atoms with Crippen molar-refractivity contribution in [3.05, 3.63) is 41.8 Å². The number of carbonyl (C=O) groups excluding carboxylic acids is 1. The average molecular weight is 445 g/mol. The molecular formula is C22H29FN6O3. The van der Waals surface area contributed by atoms with Crippen LogP contribution in [0.15, 0.2) is 30.5 Å². The quantitative estimate of drug-likeness (QED) is 0.482. The molecule has 1 aromatic heterocycles. The lowest BCUT2D eigenvalue weighted by atomic mass is 9.82. The molecule has 2 aromatic rings. The Balaban J connectivity index is 1.81. The lowest BCUT2D eigenvalue weighted by Gasteiger charge is -2.35. The Morgan fingerprint density at radius 2 is 2.06 bits per heavy atom. The standard InChI is InChI=1S/C22H29FN6O3/c1-22(2,3)32-21(31)27-16-7-4-13(11-24)18(10-16)29-12-17(19(25)30)20(28-29)26-15-8-5-14(23)6-9-15/h5-6,8-9,12-13,16,18,21,27,31H,4,7,10H2,1-3H3,(H2,25,30)(H,26,28)/t13-,16?,18-,21?/m0/s1. The van der Waals surface area contributed by atoms with Crippen LogP contribution in [0.2, 0.25) is 0 Å². The lowest BCUT2D eigenvalue weighted by molar-refractivity contribution is -0.187. The predicted octanol–water partition coefficient (Wildman–Crippen LogP) is 2.78. The van der Waals surface area contributed by atoms with E-state index in [9.17, 15) is 19.6 Å². The molecule has 4 atom stereocenters. The first kappa shape index (κ1) is 23.7. The van der Waals surface area contributed by atoms with Crippen LogP contribution < -0.4 is 16.4 Å². The van der Waals surface area contributed by atoms with E-state index in [0.29, 0.717) is 24.9 Å². The fraction of sp³-hybridized carbons (Fsp3) is 0.500. The molecule has 9 nitrogen and oxygen atoms in total. The molecule has 0 spiro atoms. The Kier molecular flexibility index (Phi) is 7.13. The number of hydrogen-bond donors (Lipinski definition) is 4. The molecule has 2 unspecified atom stereocenters. The molecule has 0 aliphatic heterocycles. The predicted molar refractivity (Wildman–Crippen MR) is 116 cm³/mol. The van der Waals surface area contributed by atoms with Crippen LogP contribution in [-0.2, 0) is 4.74 Å². The monoisotopic (exact) mass is 444 g/mol. The summed E-state index contributed by atoms with van der Waals surface area (Å²) in [6.07, 6.45) is 2.15. The molecule has 1 aromatic carbocycles. The number of anilines is 2. The maximum atomic E-state index is 13.2. The van der Waals surface area contributed by atoms with E-state index in [1.807, 2.05) is 20.8 Å². The zero-order chi connectivity index (χ0) is 23.5. The van der Waals surface area contributed by atoms with Crippen molar-refractivity contribution in [1.29, 1.82) is 5.26 Å². The number of primary amides is 1. The van der Waals surface area contributed by atoms with Gasteiger partial charge in [-0.1, -0.05) is 0 Å². The van der Waals surface area contributed by atoms with Crippen LogP contribution in [0.25, 0.3) is 0 Å². The van der Waals surface area contributed by atoms with Crippen molar-refractivity contribution >= 4 is 17.4 Å². The number of ether oxygens (including phenoxy) is 1. The molecule has 0 saturated heterocycles. The van der Waals surface area contributed by atoms with Crippen LogP contribution in [0.4, 0.5) is 15.9 Å². The topological polar surface area (TPSA) is 138 Å². The molecule has 32 heavy (non-hydrogen) atoms. The highest BCUT2D eigenvalue weighted by Crippen LogP contribution is 2.35. The second-order valence-corrected chi connectivity index (χ2v) is 8.93. The van der Waals surface area contributed by atoms with Gasteiger partial charge in [-0.3, -0.25) is 14.8 Å². The van der Waals surface area contributed by atoms with Gasteiger partial charge in [-0.05, 0) is 64.3 Å². The molecule has 1 aliphatic rings. The number of aliphatic hydroxyl groups is 1. The third-order valence-corrected chi connectivity index (χ3v) is 5.27. The molecule has 10 heteroatoms. The number of benzene rings is 1. The van der Waals surface area contributed by atoms with Crippen LogP contribution in [0.3, 0.4) is 0 Å². The van der Waals surface area contributed by atoms with Gasteiger partial charge in [0.05, 0.1) is 23.6 Å². The van der Waals surface area contributed by atoms with Gasteiger partial charge in [-0.25, -0.2) is 4.39 Å². The summed E-state index contributed by atoms with van der Waals surface area (Å²) in [4.78, 5) is 12.0. The summed E-state index contributed by atoms with van der Waals surface area (Å²) in [6.45, 7) is 5.54. The zero-order valence-corrected chi connectivity index (χ0v) is 18.4. The molecule has 172 valence electrons. The van der Waals surface area contributed by atoms with Crippen molar-refractivity contribution in [2.24, 2.45) is 11.7 Å². The number of amides is 1. The van der Waals surface area contributed by atoms with Crippen LogP contribution in [0.1, 0.15) is 56.4 Å². The number of halogens is 1. The van der Waals surface area contributed by atoms with E-state index in [2.05, 4.69) is 21.8 Å². The largest absolute Gasteiger partial charge is 0.365 e. The Morgan fingerprint density at radius 3 is 2.66 bits per heavy atom. The van der Waals surface area contributed by atoms with E-state index in [-0.39, 0.29) is 35.2 Å². The number of carbonyl (C=O) groups is 1. The smallest absolute Gasteiger partial charge is 0.254 e. The number of aromatic nitrogens is 2. The van der Waals surface area contributed by atoms with Gasteiger partial charge in [-0.2, -0.15) is 10.4 Å². The summed E-state index contributed by atoms with van der Waals surface area (Å²) in [5, 5.41) is 30.4. The SMILES string of the molecule is CC(C)(C)OC(O)NC1CC[C@@H](C#N)[C@@H](n2cc(C(N)=O)c(Nc3ccc(F)cc3)n2)C1. The van der Waals surface area contributed by atoms with Crippen molar-refractivity contribution in [3.63, 3.8) is 0 Å². The van der Waals surface area contributed by atoms with Crippen molar-refractivity contribution in [2.45, 2.75) is 64.1 Å². The first-order valence-electron chi connectivity index (χ1n) is 10.5. The van der Waals surface area contributed by atoms with Crippen molar-refractivity contribution in [2.75, 3.05) is 5.32 Å². The summed E-state index contributed by atoms with van der Waals surface area (Å²) in [5.74, 6) is -1.15. The Morgan fingerprint density at radius 1 is 1.38 bits per heavy atom. The molecule has 0 bridgehead atoms. The molecule has 3 rings (SSSR count). The molecule has 1 fully saturated rings. The summed E-state index contributed by atoms with van der Waals surface area (Å²) < 4.78 is 20.3. The molecule has 0 radical (unpaired) electrons. The summed E-state index contributed by atoms with van der Waals surface area (Å²) >= 11 is 0. The number of nitrogens with zero attached hydrogens (tertiary/aromatic N) is 3. The number of hydrogen-bond acceptors (Lipinski definition) is 7. The fourth-order valence-corrected chi connectivity index (χ4v) is 3.82. The highest BCUT2D eigenvalue weighted by Gasteiger charge is 2.34. The van der Waals surface area contributed by atoms with Gasteiger partial charge in [0.25, 0.3) is 5.91 Å². The molecule has 1 heterocycles. The van der Waals surface area contributed by atoms with E-state index in [0.717, 1.165) is 0 Å². The van der Waals surface area contributed by atoms with Crippen molar-refractivity contribution < 1.29 is 19.0 Å². The van der Waals surface area contributed by atoms with Crippen molar-refractivity contribution in [1.82, 2.24) is 15.1 Å². The van der Waals surface area contributed by atoms with Crippen LogP contribution in [-0.4, -0.2) is 38.9 Å².